The summed E-state index contributed by atoms with van der Waals surface area (Å²) in [6.07, 6.45) is 2.40. The van der Waals surface area contributed by atoms with Crippen molar-refractivity contribution in [2.75, 3.05) is 19.4 Å². The van der Waals surface area contributed by atoms with Crippen molar-refractivity contribution in [1.29, 1.82) is 0 Å². The Morgan fingerprint density at radius 2 is 2.10 bits per heavy atom. The molecule has 0 bridgehead atoms. The Kier molecular flexibility index (Phi) is 4.12. The van der Waals surface area contributed by atoms with Crippen LogP contribution in [0.3, 0.4) is 0 Å². The minimum Gasteiger partial charge on any atom is -0.495 e. The molecule has 0 spiro atoms. The number of methoxy groups -OCH3 is 1. The number of anilines is 1. The molecule has 0 aromatic heterocycles. The number of primary amides is 1. The first-order valence-electron chi connectivity index (χ1n) is 6.58. The van der Waals surface area contributed by atoms with E-state index in [1.807, 2.05) is 0 Å². The zero-order valence-electron chi connectivity index (χ0n) is 11.5. The Morgan fingerprint density at radius 1 is 1.35 bits per heavy atom. The van der Waals surface area contributed by atoms with Gasteiger partial charge in [0.15, 0.2) is 0 Å². The second kappa shape index (κ2) is 5.81. The molecule has 2 amide bonds. The summed E-state index contributed by atoms with van der Waals surface area (Å²) in [7, 11) is 1.49. The lowest BCUT2D eigenvalue weighted by molar-refractivity contribution is -0.123. The van der Waals surface area contributed by atoms with Crippen LogP contribution in [0, 0.1) is 0 Å². The number of piperidine rings is 1. The number of nitrogens with two attached hydrogens (primary N) is 2. The van der Waals surface area contributed by atoms with Crippen molar-refractivity contribution in [1.82, 2.24) is 4.90 Å². The lowest BCUT2D eigenvalue weighted by Gasteiger charge is -2.33. The van der Waals surface area contributed by atoms with Gasteiger partial charge < -0.3 is 21.1 Å². The molecule has 1 aliphatic heterocycles. The number of amides is 2. The molecule has 0 saturated carbocycles. The van der Waals surface area contributed by atoms with Gasteiger partial charge in [-0.1, -0.05) is 0 Å². The van der Waals surface area contributed by atoms with Crippen LogP contribution in [0.4, 0.5) is 5.69 Å². The highest BCUT2D eigenvalue weighted by Crippen LogP contribution is 2.25. The van der Waals surface area contributed by atoms with Crippen molar-refractivity contribution in [3.05, 3.63) is 23.8 Å². The Balaban J connectivity index is 2.27. The Bertz CT molecular complexity index is 530. The predicted molar refractivity (Wildman–Crippen MR) is 75.3 cm³/mol. The molecule has 0 radical (unpaired) electrons. The first-order chi connectivity index (χ1) is 9.54. The van der Waals surface area contributed by atoms with Gasteiger partial charge in [-0.25, -0.2) is 0 Å². The smallest absolute Gasteiger partial charge is 0.254 e. The molecule has 1 heterocycles. The summed E-state index contributed by atoms with van der Waals surface area (Å²) in [5.74, 6) is -0.226. The molecule has 108 valence electrons. The van der Waals surface area contributed by atoms with Crippen molar-refractivity contribution in [3.8, 4) is 5.75 Å². The second-order valence-electron chi connectivity index (χ2n) is 4.87. The van der Waals surface area contributed by atoms with Crippen LogP contribution >= 0.6 is 0 Å². The molecular formula is C14H19N3O3. The van der Waals surface area contributed by atoms with Gasteiger partial charge in [-0.2, -0.15) is 0 Å². The number of carbonyl (C=O) groups excluding carboxylic acids is 2. The molecule has 1 aromatic carbocycles. The summed E-state index contributed by atoms with van der Waals surface area (Å²) >= 11 is 0. The fraction of sp³-hybridized carbons (Fsp3) is 0.429. The molecule has 1 aliphatic rings. The summed E-state index contributed by atoms with van der Waals surface area (Å²) in [6.45, 7) is 0.541. The molecule has 1 fully saturated rings. The lowest BCUT2D eigenvalue weighted by atomic mass is 10.00. The zero-order valence-corrected chi connectivity index (χ0v) is 11.5. The average molecular weight is 277 g/mol. The van der Waals surface area contributed by atoms with Crippen molar-refractivity contribution >= 4 is 17.5 Å². The number of hydrogen-bond acceptors (Lipinski definition) is 4. The van der Waals surface area contributed by atoms with Gasteiger partial charge >= 0.3 is 0 Å². The normalized spacial score (nSPS) is 18.6. The van der Waals surface area contributed by atoms with Gasteiger partial charge in [0, 0.05) is 12.1 Å². The third kappa shape index (κ3) is 2.68. The predicted octanol–water partition coefficient (Wildman–Crippen LogP) is 0.757. The molecule has 20 heavy (non-hydrogen) atoms. The summed E-state index contributed by atoms with van der Waals surface area (Å²) < 4.78 is 5.11. The van der Waals surface area contributed by atoms with Gasteiger partial charge in [0.1, 0.15) is 11.8 Å². The molecule has 1 atom stereocenters. The van der Waals surface area contributed by atoms with Gasteiger partial charge in [-0.3, -0.25) is 9.59 Å². The monoisotopic (exact) mass is 277 g/mol. The maximum absolute atomic E-state index is 12.5. The van der Waals surface area contributed by atoms with Crippen LogP contribution in [0.2, 0.25) is 0 Å². The van der Waals surface area contributed by atoms with Gasteiger partial charge in [0.05, 0.1) is 12.8 Å². The van der Waals surface area contributed by atoms with Crippen LogP contribution in [-0.4, -0.2) is 36.4 Å². The Morgan fingerprint density at radius 3 is 2.75 bits per heavy atom. The van der Waals surface area contributed by atoms with E-state index in [0.29, 0.717) is 30.0 Å². The van der Waals surface area contributed by atoms with E-state index >= 15 is 0 Å². The van der Waals surface area contributed by atoms with Crippen LogP contribution in [0.15, 0.2) is 18.2 Å². The quantitative estimate of drug-likeness (QED) is 0.797. The van der Waals surface area contributed by atoms with Crippen LogP contribution in [0.1, 0.15) is 29.6 Å². The number of benzene rings is 1. The number of carbonyl (C=O) groups is 2. The topological polar surface area (TPSA) is 98.6 Å². The number of nitrogen functional groups attached to an aromatic ring is 1. The SMILES string of the molecule is COc1cc(C(=O)N2CCCCC2C(N)=O)ccc1N. The van der Waals surface area contributed by atoms with E-state index in [9.17, 15) is 9.59 Å². The number of likely N-dealkylation sites (tertiary alicyclic amines) is 1. The van der Waals surface area contributed by atoms with E-state index < -0.39 is 11.9 Å². The summed E-state index contributed by atoms with van der Waals surface area (Å²) in [5.41, 5.74) is 12.0. The highest BCUT2D eigenvalue weighted by Gasteiger charge is 2.31. The van der Waals surface area contributed by atoms with Crippen LogP contribution in [-0.2, 0) is 4.79 Å². The highest BCUT2D eigenvalue weighted by molar-refractivity contribution is 5.98. The molecular weight excluding hydrogens is 258 g/mol. The van der Waals surface area contributed by atoms with E-state index in [-0.39, 0.29) is 5.91 Å². The molecule has 2 rings (SSSR count). The average Bonchev–Trinajstić information content (AvgIpc) is 2.47. The molecule has 4 N–H and O–H groups in total. The molecule has 6 nitrogen and oxygen atoms in total. The van der Waals surface area contributed by atoms with E-state index in [0.717, 1.165) is 12.8 Å². The fourth-order valence-electron chi connectivity index (χ4n) is 2.48. The Hall–Kier alpha value is -2.24. The first kappa shape index (κ1) is 14.2. The molecule has 1 saturated heterocycles. The van der Waals surface area contributed by atoms with Crippen molar-refractivity contribution in [3.63, 3.8) is 0 Å². The second-order valence-corrected chi connectivity index (χ2v) is 4.87. The number of rotatable bonds is 3. The van der Waals surface area contributed by atoms with Crippen molar-refractivity contribution in [2.45, 2.75) is 25.3 Å². The zero-order chi connectivity index (χ0) is 14.7. The van der Waals surface area contributed by atoms with Crippen LogP contribution in [0.5, 0.6) is 5.75 Å². The largest absolute Gasteiger partial charge is 0.495 e. The van der Waals surface area contributed by atoms with Crippen LogP contribution in [0.25, 0.3) is 0 Å². The molecule has 1 aromatic rings. The van der Waals surface area contributed by atoms with E-state index in [1.54, 1.807) is 18.2 Å². The maximum atomic E-state index is 12.5. The maximum Gasteiger partial charge on any atom is 0.254 e. The molecule has 0 aliphatic carbocycles. The van der Waals surface area contributed by atoms with Crippen molar-refractivity contribution < 1.29 is 14.3 Å². The van der Waals surface area contributed by atoms with Gasteiger partial charge in [0.25, 0.3) is 5.91 Å². The van der Waals surface area contributed by atoms with Gasteiger partial charge in [-0.15, -0.1) is 0 Å². The third-order valence-corrected chi connectivity index (χ3v) is 3.57. The Labute approximate surface area is 117 Å². The summed E-state index contributed by atoms with van der Waals surface area (Å²) in [4.78, 5) is 25.5. The number of ether oxygens (including phenoxy) is 1. The minimum atomic E-state index is -0.528. The number of nitrogens with zero attached hydrogens (tertiary/aromatic N) is 1. The molecule has 1 unspecified atom stereocenters. The van der Waals surface area contributed by atoms with E-state index in [4.69, 9.17) is 16.2 Å². The lowest BCUT2D eigenvalue weighted by Crippen LogP contribution is -2.50. The fourth-order valence-corrected chi connectivity index (χ4v) is 2.48. The van der Waals surface area contributed by atoms with E-state index in [1.165, 1.54) is 12.0 Å². The highest BCUT2D eigenvalue weighted by atomic mass is 16.5. The molecule has 6 heteroatoms. The standard InChI is InChI=1S/C14H19N3O3/c1-20-12-8-9(5-6-10(12)15)14(19)17-7-3-2-4-11(17)13(16)18/h5-6,8,11H,2-4,7,15H2,1H3,(H2,16,18). The summed E-state index contributed by atoms with van der Waals surface area (Å²) in [6, 6.07) is 4.31. The van der Waals surface area contributed by atoms with Crippen molar-refractivity contribution in [2.24, 2.45) is 5.73 Å². The van der Waals surface area contributed by atoms with Gasteiger partial charge in [-0.05, 0) is 37.5 Å². The van der Waals surface area contributed by atoms with E-state index in [2.05, 4.69) is 0 Å². The third-order valence-electron chi connectivity index (χ3n) is 3.57. The number of hydrogen-bond donors (Lipinski definition) is 2. The summed E-state index contributed by atoms with van der Waals surface area (Å²) in [5, 5.41) is 0. The minimum absolute atomic E-state index is 0.216. The van der Waals surface area contributed by atoms with Gasteiger partial charge in [0.2, 0.25) is 5.91 Å². The van der Waals surface area contributed by atoms with Crippen LogP contribution < -0.4 is 16.2 Å². The first-order valence-corrected chi connectivity index (χ1v) is 6.58.